The Balaban J connectivity index is 0.000000730. The Kier molecular flexibility index (Phi) is 6.44. The molecule has 0 spiro atoms. The van der Waals surface area contributed by atoms with Gasteiger partial charge in [0, 0.05) is 30.7 Å². The lowest BCUT2D eigenvalue weighted by molar-refractivity contribution is -0.157. The monoisotopic (exact) mass is 429 g/mol. The van der Waals surface area contributed by atoms with E-state index in [4.69, 9.17) is 9.90 Å². The lowest BCUT2D eigenvalue weighted by Gasteiger charge is -2.59. The fourth-order valence-corrected chi connectivity index (χ4v) is 8.17. The molecule has 4 aliphatic carbocycles. The van der Waals surface area contributed by atoms with Gasteiger partial charge in [0.05, 0.1) is 0 Å². The Morgan fingerprint density at radius 2 is 1.74 bits per heavy atom. The molecular weight excluding hydrogens is 390 g/mol. The zero-order chi connectivity index (χ0) is 22.2. The molecule has 31 heavy (non-hydrogen) atoms. The number of ketones is 2. The van der Waals surface area contributed by atoms with Crippen molar-refractivity contribution < 1.29 is 19.5 Å². The van der Waals surface area contributed by atoms with Crippen molar-refractivity contribution in [1.29, 1.82) is 0 Å². The third kappa shape index (κ3) is 3.92. The van der Waals surface area contributed by atoms with E-state index in [9.17, 15) is 9.59 Å². The zero-order valence-electron chi connectivity index (χ0n) is 19.1. The molecule has 4 saturated carbocycles. The van der Waals surface area contributed by atoms with Crippen LogP contribution in [0.5, 0.6) is 0 Å². The molecule has 5 aliphatic rings. The topological polar surface area (TPSA) is 83.5 Å². The fourth-order valence-electron chi connectivity index (χ4n) is 8.17. The Morgan fingerprint density at radius 3 is 2.45 bits per heavy atom. The van der Waals surface area contributed by atoms with Crippen LogP contribution in [0.15, 0.2) is 12.2 Å². The summed E-state index contributed by atoms with van der Waals surface area (Å²) in [5.74, 6) is 4.11. The molecule has 5 fully saturated rings. The number of allylic oxidation sites excluding steroid dienone is 1. The number of carbonyl (C=O) groups excluding carboxylic acids is 2. The summed E-state index contributed by atoms with van der Waals surface area (Å²) in [6.07, 6.45) is 14.4. The summed E-state index contributed by atoms with van der Waals surface area (Å²) in [5.41, 5.74) is 0.0477. The first-order valence-electron chi connectivity index (χ1n) is 12.4. The molecule has 2 unspecified atom stereocenters. The maximum Gasteiger partial charge on any atom is 0.290 e. The standard InChI is InChI=1S/C25H37NO2.CH2O2/c1-24-10-7-16(3-4-17-9-12-26-15-17)13-21(24)22(27)14-18-19-5-6-23(28)25(19,2)11-8-20(18)24;2-1-3/h3-4,16-21,26H,5-15H2,1-2H3;1H,(H,2,3)/b4-3-;/t16?,17-,18+,19+,20+,21?,24-,25+;/m1./s1. The van der Waals surface area contributed by atoms with Gasteiger partial charge in [0.25, 0.3) is 6.47 Å². The van der Waals surface area contributed by atoms with E-state index in [-0.39, 0.29) is 23.2 Å². The summed E-state index contributed by atoms with van der Waals surface area (Å²) in [4.78, 5) is 34.3. The van der Waals surface area contributed by atoms with Crippen LogP contribution in [-0.2, 0) is 14.4 Å². The Bertz CT molecular complexity index is 742. The van der Waals surface area contributed by atoms with E-state index < -0.39 is 0 Å². The minimum Gasteiger partial charge on any atom is -0.483 e. The van der Waals surface area contributed by atoms with Gasteiger partial charge in [0.2, 0.25) is 0 Å². The number of hydrogen-bond acceptors (Lipinski definition) is 4. The summed E-state index contributed by atoms with van der Waals surface area (Å²) in [6, 6.07) is 0. The van der Waals surface area contributed by atoms with Crippen molar-refractivity contribution in [3.05, 3.63) is 12.2 Å². The largest absolute Gasteiger partial charge is 0.483 e. The number of carbonyl (C=O) groups is 3. The quantitative estimate of drug-likeness (QED) is 0.506. The van der Waals surface area contributed by atoms with Gasteiger partial charge >= 0.3 is 0 Å². The first-order valence-corrected chi connectivity index (χ1v) is 12.4. The van der Waals surface area contributed by atoms with Crippen LogP contribution < -0.4 is 5.32 Å². The van der Waals surface area contributed by atoms with E-state index in [1.54, 1.807) is 0 Å². The third-order valence-corrected chi connectivity index (χ3v) is 9.96. The highest BCUT2D eigenvalue weighted by molar-refractivity contribution is 5.88. The van der Waals surface area contributed by atoms with Crippen molar-refractivity contribution >= 4 is 18.0 Å². The van der Waals surface area contributed by atoms with Gasteiger partial charge in [-0.15, -0.1) is 0 Å². The smallest absolute Gasteiger partial charge is 0.290 e. The van der Waals surface area contributed by atoms with Crippen LogP contribution in [0.4, 0.5) is 0 Å². The Hall–Kier alpha value is -1.49. The molecule has 2 N–H and O–H groups in total. The lowest BCUT2D eigenvalue weighted by atomic mass is 9.44. The highest BCUT2D eigenvalue weighted by atomic mass is 16.3. The van der Waals surface area contributed by atoms with Crippen LogP contribution in [0.1, 0.15) is 71.6 Å². The number of nitrogens with one attached hydrogen (secondary N) is 1. The molecule has 5 nitrogen and oxygen atoms in total. The normalized spacial score (nSPS) is 46.6. The summed E-state index contributed by atoms with van der Waals surface area (Å²) in [7, 11) is 0. The molecule has 1 saturated heterocycles. The average Bonchev–Trinajstić information content (AvgIpc) is 3.36. The molecule has 0 aromatic rings. The van der Waals surface area contributed by atoms with Gasteiger partial charge in [0.1, 0.15) is 11.6 Å². The summed E-state index contributed by atoms with van der Waals surface area (Å²) in [5, 5.41) is 10.3. The zero-order valence-corrected chi connectivity index (χ0v) is 19.1. The van der Waals surface area contributed by atoms with E-state index >= 15 is 0 Å². The van der Waals surface area contributed by atoms with Crippen molar-refractivity contribution in [3.63, 3.8) is 0 Å². The SMILES string of the molecule is C[C@]12CCC(/C=C\[C@@H]3CCNC3)CC1C(=O)C[C@@H]1[C@@H]2CC[C@]2(C)C(=O)CC[C@@H]12.O=CO. The van der Waals surface area contributed by atoms with Crippen LogP contribution >= 0.6 is 0 Å². The Labute approximate surface area is 186 Å². The van der Waals surface area contributed by atoms with E-state index in [1.807, 2.05) is 0 Å². The number of Topliss-reactive ketones (excluding diaryl/α,β-unsaturated/α-hetero) is 2. The number of fused-ring (bicyclic) bond motifs is 5. The maximum absolute atomic E-state index is 13.4. The second-order valence-corrected chi connectivity index (χ2v) is 11.3. The molecule has 1 aliphatic heterocycles. The lowest BCUT2D eigenvalue weighted by Crippen LogP contribution is -2.56. The first-order chi connectivity index (χ1) is 14.8. The van der Waals surface area contributed by atoms with E-state index in [0.717, 1.165) is 51.6 Å². The Morgan fingerprint density at radius 1 is 1.00 bits per heavy atom. The third-order valence-electron chi connectivity index (χ3n) is 9.96. The van der Waals surface area contributed by atoms with Crippen LogP contribution in [-0.4, -0.2) is 36.2 Å². The molecule has 8 atom stereocenters. The number of hydrogen-bond donors (Lipinski definition) is 2. The van der Waals surface area contributed by atoms with Gasteiger partial charge in [-0.1, -0.05) is 26.0 Å². The van der Waals surface area contributed by atoms with Gasteiger partial charge in [-0.3, -0.25) is 14.4 Å². The summed E-state index contributed by atoms with van der Waals surface area (Å²) < 4.78 is 0. The van der Waals surface area contributed by atoms with Crippen molar-refractivity contribution in [2.45, 2.75) is 71.6 Å². The molecule has 0 bridgehead atoms. The first kappa shape index (κ1) is 22.7. The molecule has 0 amide bonds. The molecule has 5 rings (SSSR count). The number of carboxylic acid groups (broad SMARTS) is 1. The average molecular weight is 430 g/mol. The van der Waals surface area contributed by atoms with Crippen LogP contribution in [0.2, 0.25) is 0 Å². The number of rotatable bonds is 2. The van der Waals surface area contributed by atoms with Gasteiger partial charge in [-0.25, -0.2) is 0 Å². The van der Waals surface area contributed by atoms with Crippen molar-refractivity contribution in [2.75, 3.05) is 13.1 Å². The molecule has 5 heteroatoms. The predicted molar refractivity (Wildman–Crippen MR) is 119 cm³/mol. The van der Waals surface area contributed by atoms with Gasteiger partial charge in [-0.2, -0.15) is 0 Å². The summed E-state index contributed by atoms with van der Waals surface area (Å²) in [6.45, 7) is 6.66. The predicted octanol–water partition coefficient (Wildman–Crippen LogP) is 4.26. The van der Waals surface area contributed by atoms with E-state index in [0.29, 0.717) is 41.2 Å². The van der Waals surface area contributed by atoms with Crippen molar-refractivity contribution in [1.82, 2.24) is 5.32 Å². The second-order valence-electron chi connectivity index (χ2n) is 11.3. The maximum atomic E-state index is 13.4. The molecule has 0 aromatic carbocycles. The highest BCUT2D eigenvalue weighted by Crippen LogP contribution is 2.65. The fraction of sp³-hybridized carbons (Fsp3) is 0.808. The highest BCUT2D eigenvalue weighted by Gasteiger charge is 2.62. The summed E-state index contributed by atoms with van der Waals surface area (Å²) >= 11 is 0. The van der Waals surface area contributed by atoms with Gasteiger partial charge < -0.3 is 10.4 Å². The van der Waals surface area contributed by atoms with Crippen molar-refractivity contribution in [2.24, 2.45) is 46.3 Å². The van der Waals surface area contributed by atoms with Crippen LogP contribution in [0.25, 0.3) is 0 Å². The molecule has 0 aromatic heterocycles. The molecule has 0 radical (unpaired) electrons. The van der Waals surface area contributed by atoms with E-state index in [2.05, 4.69) is 31.3 Å². The molecule has 172 valence electrons. The minimum atomic E-state index is -0.250. The van der Waals surface area contributed by atoms with Gasteiger partial charge in [-0.05, 0) is 86.5 Å². The minimum absolute atomic E-state index is 0.125. The van der Waals surface area contributed by atoms with Crippen molar-refractivity contribution in [3.8, 4) is 0 Å². The van der Waals surface area contributed by atoms with Gasteiger partial charge in [0.15, 0.2) is 0 Å². The molecular formula is C26H39NO4. The second kappa shape index (κ2) is 8.80. The molecule has 1 heterocycles. The van der Waals surface area contributed by atoms with Crippen LogP contribution in [0, 0.1) is 46.3 Å². The van der Waals surface area contributed by atoms with Crippen LogP contribution in [0.3, 0.4) is 0 Å². The van der Waals surface area contributed by atoms with E-state index in [1.165, 1.54) is 19.3 Å².